The highest BCUT2D eigenvalue weighted by Gasteiger charge is 2.55. The summed E-state index contributed by atoms with van der Waals surface area (Å²) in [7, 11) is 1.83. The van der Waals surface area contributed by atoms with Crippen molar-refractivity contribution in [3.8, 4) is 22.1 Å². The van der Waals surface area contributed by atoms with Crippen LogP contribution >= 0.6 is 11.3 Å². The SMILES string of the molecule is CC[C@@H]1CC[C@@]2(CC)C(=O)N(C)c3cnc(-c4cn[nH]c4-c4nccs4)nc3N12. The lowest BCUT2D eigenvalue weighted by atomic mass is 9.89. The van der Waals surface area contributed by atoms with E-state index >= 15 is 0 Å². The van der Waals surface area contributed by atoms with Gasteiger partial charge in [0.15, 0.2) is 11.6 Å². The lowest BCUT2D eigenvalue weighted by molar-refractivity contribution is -0.123. The van der Waals surface area contributed by atoms with Gasteiger partial charge in [-0.2, -0.15) is 5.10 Å². The lowest BCUT2D eigenvalue weighted by Gasteiger charge is -2.47. The number of rotatable bonds is 4. The molecule has 2 aliphatic heterocycles. The van der Waals surface area contributed by atoms with Crippen LogP contribution in [0.3, 0.4) is 0 Å². The molecule has 2 atom stereocenters. The zero-order valence-corrected chi connectivity index (χ0v) is 17.5. The van der Waals surface area contributed by atoms with Crippen molar-refractivity contribution in [2.24, 2.45) is 0 Å². The quantitative estimate of drug-likeness (QED) is 0.709. The number of thiazole rings is 1. The molecule has 150 valence electrons. The molecule has 0 aliphatic carbocycles. The Bertz CT molecular complexity index is 1060. The third-order valence-electron chi connectivity index (χ3n) is 6.34. The van der Waals surface area contributed by atoms with E-state index in [0.717, 1.165) is 53.5 Å². The summed E-state index contributed by atoms with van der Waals surface area (Å²) in [6.45, 7) is 4.28. The van der Waals surface area contributed by atoms with E-state index in [1.54, 1.807) is 34.8 Å². The predicted octanol–water partition coefficient (Wildman–Crippen LogP) is 3.49. The molecule has 0 aromatic carbocycles. The van der Waals surface area contributed by atoms with Crippen molar-refractivity contribution >= 4 is 28.7 Å². The number of anilines is 2. The van der Waals surface area contributed by atoms with Gasteiger partial charge in [-0.25, -0.2) is 15.0 Å². The summed E-state index contributed by atoms with van der Waals surface area (Å²) in [6.07, 6.45) is 8.88. The number of hydrogen-bond acceptors (Lipinski definition) is 7. The molecule has 8 nitrogen and oxygen atoms in total. The van der Waals surface area contributed by atoms with Crippen molar-refractivity contribution in [3.05, 3.63) is 24.0 Å². The predicted molar refractivity (Wildman–Crippen MR) is 113 cm³/mol. The van der Waals surface area contributed by atoms with E-state index in [1.807, 2.05) is 12.4 Å². The first-order valence-electron chi connectivity index (χ1n) is 9.98. The van der Waals surface area contributed by atoms with Gasteiger partial charge < -0.3 is 9.80 Å². The maximum atomic E-state index is 13.3. The number of likely N-dealkylation sites (N-methyl/N-ethyl adjacent to an activating group) is 1. The summed E-state index contributed by atoms with van der Waals surface area (Å²) >= 11 is 1.54. The summed E-state index contributed by atoms with van der Waals surface area (Å²) in [5, 5.41) is 10.0. The number of aromatic amines is 1. The van der Waals surface area contributed by atoms with Crippen molar-refractivity contribution in [1.82, 2.24) is 25.1 Å². The van der Waals surface area contributed by atoms with Crippen LogP contribution < -0.4 is 9.80 Å². The molecule has 3 aromatic rings. The van der Waals surface area contributed by atoms with E-state index in [0.29, 0.717) is 11.9 Å². The minimum absolute atomic E-state index is 0.145. The molecule has 1 amide bonds. The Hall–Kier alpha value is -2.81. The smallest absolute Gasteiger partial charge is 0.252 e. The summed E-state index contributed by atoms with van der Waals surface area (Å²) in [4.78, 5) is 31.3. The molecule has 1 fully saturated rings. The number of fused-ring (bicyclic) bond motifs is 3. The maximum absolute atomic E-state index is 13.3. The van der Waals surface area contributed by atoms with E-state index in [9.17, 15) is 4.79 Å². The average Bonchev–Trinajstić information content (AvgIpc) is 3.50. The highest BCUT2D eigenvalue weighted by molar-refractivity contribution is 7.13. The van der Waals surface area contributed by atoms with Gasteiger partial charge in [0.2, 0.25) is 0 Å². The first-order chi connectivity index (χ1) is 14.1. The Labute approximate surface area is 173 Å². The van der Waals surface area contributed by atoms with Gasteiger partial charge in [0.1, 0.15) is 21.9 Å². The van der Waals surface area contributed by atoms with Crippen molar-refractivity contribution in [1.29, 1.82) is 0 Å². The van der Waals surface area contributed by atoms with Gasteiger partial charge in [-0.15, -0.1) is 11.3 Å². The number of hydrogen-bond donors (Lipinski definition) is 1. The summed E-state index contributed by atoms with van der Waals surface area (Å²) < 4.78 is 0. The van der Waals surface area contributed by atoms with Gasteiger partial charge in [0.25, 0.3) is 5.91 Å². The molecule has 1 saturated heterocycles. The number of nitrogens with one attached hydrogen (secondary N) is 1. The van der Waals surface area contributed by atoms with E-state index in [4.69, 9.17) is 4.98 Å². The van der Waals surface area contributed by atoms with E-state index < -0.39 is 5.54 Å². The topological polar surface area (TPSA) is 90.9 Å². The second kappa shape index (κ2) is 6.62. The third kappa shape index (κ3) is 2.46. The van der Waals surface area contributed by atoms with Crippen LogP contribution in [-0.2, 0) is 4.79 Å². The Kier molecular flexibility index (Phi) is 4.16. The van der Waals surface area contributed by atoms with Crippen LogP contribution in [0, 0.1) is 0 Å². The first kappa shape index (κ1) is 18.2. The van der Waals surface area contributed by atoms with Crippen LogP contribution in [0.25, 0.3) is 22.1 Å². The maximum Gasteiger partial charge on any atom is 0.252 e. The molecule has 9 heteroatoms. The number of H-pyrrole nitrogens is 1. The molecule has 5 heterocycles. The van der Waals surface area contributed by atoms with Crippen molar-refractivity contribution in [3.63, 3.8) is 0 Å². The standard InChI is InChI=1S/C20H23N7OS/c1-4-12-6-7-20(5-2)19(28)26(3)14-11-22-16(24-17(14)27(12)20)13-10-23-25-15(13)18-21-8-9-29-18/h8-12H,4-7H2,1-3H3,(H,23,25)/t12-,20+/m1/s1. The number of carbonyl (C=O) groups excluding carboxylic acids is 1. The molecule has 0 unspecified atom stereocenters. The van der Waals surface area contributed by atoms with Crippen LogP contribution in [-0.4, -0.2) is 49.7 Å². The van der Waals surface area contributed by atoms with Crippen molar-refractivity contribution in [2.75, 3.05) is 16.8 Å². The fraction of sp³-hybridized carbons (Fsp3) is 0.450. The normalized spacial score (nSPS) is 23.4. The molecular formula is C20H23N7OS. The van der Waals surface area contributed by atoms with Gasteiger partial charge in [-0.05, 0) is 25.7 Å². The number of aromatic nitrogens is 5. The second-order valence-electron chi connectivity index (χ2n) is 7.62. The second-order valence-corrected chi connectivity index (χ2v) is 8.51. The molecule has 0 spiro atoms. The molecule has 0 saturated carbocycles. The van der Waals surface area contributed by atoms with Gasteiger partial charge in [0, 0.05) is 24.7 Å². The molecule has 2 aliphatic rings. The Morgan fingerprint density at radius 3 is 2.90 bits per heavy atom. The van der Waals surface area contributed by atoms with Crippen LogP contribution in [0.15, 0.2) is 24.0 Å². The molecule has 1 N–H and O–H groups in total. The summed E-state index contributed by atoms with van der Waals surface area (Å²) in [5.41, 5.74) is 1.89. The van der Waals surface area contributed by atoms with Gasteiger partial charge in [-0.3, -0.25) is 9.89 Å². The van der Waals surface area contributed by atoms with Crippen LogP contribution in [0.1, 0.15) is 39.5 Å². The number of carbonyl (C=O) groups is 1. The lowest BCUT2D eigenvalue weighted by Crippen LogP contribution is -2.61. The highest BCUT2D eigenvalue weighted by atomic mass is 32.1. The van der Waals surface area contributed by atoms with Crippen molar-refractivity contribution < 1.29 is 4.79 Å². The Balaban J connectivity index is 1.68. The summed E-state index contributed by atoms with van der Waals surface area (Å²) in [6, 6.07) is 0.303. The first-order valence-corrected chi connectivity index (χ1v) is 10.9. The third-order valence-corrected chi connectivity index (χ3v) is 7.13. The fourth-order valence-electron chi connectivity index (χ4n) is 4.77. The van der Waals surface area contributed by atoms with E-state index in [-0.39, 0.29) is 5.91 Å². The molecule has 0 radical (unpaired) electrons. The fourth-order valence-corrected chi connectivity index (χ4v) is 5.42. The van der Waals surface area contributed by atoms with Crippen LogP contribution in [0.2, 0.25) is 0 Å². The van der Waals surface area contributed by atoms with Gasteiger partial charge >= 0.3 is 0 Å². The van der Waals surface area contributed by atoms with Gasteiger partial charge in [-0.1, -0.05) is 13.8 Å². The molecular weight excluding hydrogens is 386 g/mol. The molecule has 3 aromatic heterocycles. The van der Waals surface area contributed by atoms with Crippen LogP contribution in [0.5, 0.6) is 0 Å². The number of amides is 1. The molecule has 0 bridgehead atoms. The zero-order chi connectivity index (χ0) is 20.2. The summed E-state index contributed by atoms with van der Waals surface area (Å²) in [5.74, 6) is 1.58. The minimum atomic E-state index is -0.511. The van der Waals surface area contributed by atoms with Crippen LogP contribution in [0.4, 0.5) is 11.5 Å². The van der Waals surface area contributed by atoms with E-state index in [2.05, 4.69) is 38.9 Å². The van der Waals surface area contributed by atoms with Gasteiger partial charge in [0.05, 0.1) is 18.0 Å². The zero-order valence-electron chi connectivity index (χ0n) is 16.7. The van der Waals surface area contributed by atoms with E-state index in [1.165, 1.54) is 0 Å². The number of nitrogens with zero attached hydrogens (tertiary/aromatic N) is 6. The Morgan fingerprint density at radius 2 is 2.17 bits per heavy atom. The Morgan fingerprint density at radius 1 is 1.31 bits per heavy atom. The van der Waals surface area contributed by atoms with Crippen molar-refractivity contribution in [2.45, 2.75) is 51.1 Å². The largest absolute Gasteiger partial charge is 0.337 e. The highest BCUT2D eigenvalue weighted by Crippen LogP contribution is 2.49. The monoisotopic (exact) mass is 409 g/mol. The average molecular weight is 410 g/mol. The molecule has 29 heavy (non-hydrogen) atoms. The molecule has 5 rings (SSSR count). The minimum Gasteiger partial charge on any atom is -0.337 e.